The Morgan fingerprint density at radius 2 is 1.60 bits per heavy atom. The predicted molar refractivity (Wildman–Crippen MR) is 122 cm³/mol. The molecule has 184 valence electrons. The van der Waals surface area contributed by atoms with Crippen LogP contribution in [-0.2, 0) is 24.9 Å². The lowest BCUT2D eigenvalue weighted by molar-refractivity contribution is 0.0505. The zero-order valence-corrected chi connectivity index (χ0v) is 20.0. The number of pyridine rings is 1. The number of amides is 2. The fourth-order valence-electron chi connectivity index (χ4n) is 3.67. The van der Waals surface area contributed by atoms with E-state index in [9.17, 15) is 18.5 Å². The van der Waals surface area contributed by atoms with Crippen molar-refractivity contribution in [3.05, 3.63) is 65.1 Å². The van der Waals surface area contributed by atoms with Crippen LogP contribution in [0.4, 0.5) is 4.39 Å². The van der Waals surface area contributed by atoms with Gasteiger partial charge in [-0.05, 0) is 29.8 Å². The molecular formula is C23H22FN2O8P. The van der Waals surface area contributed by atoms with Gasteiger partial charge in [0.1, 0.15) is 22.6 Å². The summed E-state index contributed by atoms with van der Waals surface area (Å²) in [6, 6.07) is 8.67. The molecule has 2 heterocycles. The molecule has 1 aliphatic rings. The average Bonchev–Trinajstić information content (AvgIpc) is 3.12. The monoisotopic (exact) mass is 504 g/mol. The maximum atomic E-state index is 13.5. The summed E-state index contributed by atoms with van der Waals surface area (Å²) >= 11 is 0. The van der Waals surface area contributed by atoms with E-state index < -0.39 is 31.6 Å². The van der Waals surface area contributed by atoms with Gasteiger partial charge in [-0.1, -0.05) is 12.1 Å². The fourth-order valence-corrected chi connectivity index (χ4v) is 4.31. The Hall–Kier alpha value is -3.37. The number of fused-ring (bicyclic) bond motifs is 2. The van der Waals surface area contributed by atoms with Gasteiger partial charge in [-0.15, -0.1) is 0 Å². The number of carbonyl (C=O) groups is 2. The number of rotatable bonds is 10. The van der Waals surface area contributed by atoms with E-state index in [2.05, 4.69) is 4.98 Å². The van der Waals surface area contributed by atoms with Crippen LogP contribution in [0.2, 0.25) is 0 Å². The third-order valence-electron chi connectivity index (χ3n) is 5.39. The highest BCUT2D eigenvalue weighted by Crippen LogP contribution is 2.49. The van der Waals surface area contributed by atoms with Gasteiger partial charge in [-0.2, -0.15) is 0 Å². The Morgan fingerprint density at radius 3 is 2.23 bits per heavy atom. The second kappa shape index (κ2) is 10.1. The normalized spacial score (nSPS) is 13.4. The number of hydrogen-bond acceptors (Lipinski definition) is 9. The molecule has 0 radical (unpaired) electrons. The van der Waals surface area contributed by atoms with Crippen LogP contribution in [0, 0.1) is 5.82 Å². The molecular weight excluding hydrogens is 482 g/mol. The minimum atomic E-state index is -3.63. The number of methoxy groups -OCH3 is 1. The van der Waals surface area contributed by atoms with Crippen LogP contribution < -0.4 is 9.47 Å². The van der Waals surface area contributed by atoms with Crippen LogP contribution in [0.1, 0.15) is 26.3 Å². The van der Waals surface area contributed by atoms with E-state index in [4.69, 9.17) is 23.3 Å². The van der Waals surface area contributed by atoms with Crippen molar-refractivity contribution in [1.29, 1.82) is 0 Å². The SMILES string of the molecule is COCOc1c2c(c(OCP(=O)(OC)OC)c3cccnc13)C(=O)N(Cc1ccc(F)cc1)C2=O. The van der Waals surface area contributed by atoms with Crippen LogP contribution in [0.25, 0.3) is 10.9 Å². The van der Waals surface area contributed by atoms with Gasteiger partial charge in [0, 0.05) is 32.9 Å². The van der Waals surface area contributed by atoms with Gasteiger partial charge in [0.25, 0.3) is 11.8 Å². The van der Waals surface area contributed by atoms with Crippen molar-refractivity contribution in [2.75, 3.05) is 34.5 Å². The minimum Gasteiger partial charge on any atom is -0.479 e. The molecule has 0 N–H and O–H groups in total. The van der Waals surface area contributed by atoms with Gasteiger partial charge in [0.15, 0.2) is 18.9 Å². The molecule has 0 saturated heterocycles. The second-order valence-electron chi connectivity index (χ2n) is 7.43. The lowest BCUT2D eigenvalue weighted by Gasteiger charge is -2.18. The molecule has 4 rings (SSSR count). The number of imide groups is 1. The highest BCUT2D eigenvalue weighted by molar-refractivity contribution is 7.53. The van der Waals surface area contributed by atoms with Gasteiger partial charge in [0.05, 0.1) is 12.1 Å². The van der Waals surface area contributed by atoms with Crippen LogP contribution in [0.5, 0.6) is 11.5 Å². The van der Waals surface area contributed by atoms with E-state index in [0.29, 0.717) is 10.9 Å². The van der Waals surface area contributed by atoms with E-state index in [1.54, 1.807) is 12.1 Å². The molecule has 0 fully saturated rings. The molecule has 0 spiro atoms. The van der Waals surface area contributed by atoms with Gasteiger partial charge in [-0.25, -0.2) is 4.39 Å². The van der Waals surface area contributed by atoms with E-state index in [0.717, 1.165) is 4.90 Å². The van der Waals surface area contributed by atoms with Crippen LogP contribution in [-0.4, -0.2) is 56.2 Å². The fraction of sp³-hybridized carbons (Fsp3) is 0.261. The zero-order chi connectivity index (χ0) is 25.2. The third-order valence-corrected chi connectivity index (χ3v) is 6.95. The number of hydrogen-bond donors (Lipinski definition) is 0. The van der Waals surface area contributed by atoms with Gasteiger partial charge >= 0.3 is 7.60 Å². The van der Waals surface area contributed by atoms with Gasteiger partial charge in [-0.3, -0.25) is 24.0 Å². The minimum absolute atomic E-state index is 0.0119. The molecule has 1 aliphatic heterocycles. The molecule has 3 aromatic rings. The highest BCUT2D eigenvalue weighted by atomic mass is 31.2. The molecule has 2 amide bonds. The summed E-state index contributed by atoms with van der Waals surface area (Å²) in [6.07, 6.45) is 0.971. The highest BCUT2D eigenvalue weighted by Gasteiger charge is 2.43. The first-order valence-electron chi connectivity index (χ1n) is 10.3. The standard InChI is InChI=1S/C23H22FN2O8P/c1-30-12-33-21-18-17(22(27)26(23(18)28)11-14-6-8-15(24)9-7-14)20(16-5-4-10-25-19(16)21)34-13-35(29,31-2)32-3/h4-10H,11-13H2,1-3H3. The Bertz CT molecular complexity index is 1320. The smallest absolute Gasteiger partial charge is 0.367 e. The quantitative estimate of drug-likeness (QED) is 0.230. The van der Waals surface area contributed by atoms with Crippen molar-refractivity contribution < 1.29 is 41.8 Å². The van der Waals surface area contributed by atoms with Crippen LogP contribution in [0.15, 0.2) is 42.6 Å². The van der Waals surface area contributed by atoms with E-state index >= 15 is 0 Å². The Balaban J connectivity index is 1.87. The van der Waals surface area contributed by atoms with Crippen LogP contribution >= 0.6 is 7.60 Å². The van der Waals surface area contributed by atoms with Crippen molar-refractivity contribution in [2.24, 2.45) is 0 Å². The van der Waals surface area contributed by atoms with Crippen molar-refractivity contribution in [2.45, 2.75) is 6.54 Å². The lowest BCUT2D eigenvalue weighted by Crippen LogP contribution is -2.29. The van der Waals surface area contributed by atoms with Crippen molar-refractivity contribution in [1.82, 2.24) is 9.88 Å². The Labute approximate surface area is 200 Å². The molecule has 35 heavy (non-hydrogen) atoms. The number of nitrogens with zero attached hydrogens (tertiary/aromatic N) is 2. The lowest BCUT2D eigenvalue weighted by atomic mass is 10.0. The number of ether oxygens (including phenoxy) is 3. The summed E-state index contributed by atoms with van der Waals surface area (Å²) < 4.78 is 52.4. The molecule has 0 bridgehead atoms. The second-order valence-corrected chi connectivity index (χ2v) is 9.64. The topological polar surface area (TPSA) is 113 Å². The molecule has 12 heteroatoms. The summed E-state index contributed by atoms with van der Waals surface area (Å²) in [4.78, 5) is 32.4. The largest absolute Gasteiger partial charge is 0.479 e. The summed E-state index contributed by atoms with van der Waals surface area (Å²) in [6.45, 7) is -0.325. The zero-order valence-electron chi connectivity index (χ0n) is 19.1. The summed E-state index contributed by atoms with van der Waals surface area (Å²) in [5.41, 5.74) is 0.629. The Morgan fingerprint density at radius 1 is 0.943 bits per heavy atom. The van der Waals surface area contributed by atoms with E-state index in [1.807, 2.05) is 0 Å². The number of carbonyl (C=O) groups excluding carboxylic acids is 2. The summed E-state index contributed by atoms with van der Waals surface area (Å²) in [5.74, 6) is -1.73. The van der Waals surface area contributed by atoms with E-state index in [1.165, 1.54) is 51.8 Å². The third kappa shape index (κ3) is 4.63. The molecule has 0 saturated carbocycles. The van der Waals surface area contributed by atoms with Gasteiger partial charge < -0.3 is 23.3 Å². The maximum absolute atomic E-state index is 13.5. The number of benzene rings is 2. The van der Waals surface area contributed by atoms with Crippen molar-refractivity contribution >= 4 is 30.3 Å². The molecule has 0 atom stereocenters. The van der Waals surface area contributed by atoms with Crippen molar-refractivity contribution in [3.8, 4) is 11.5 Å². The van der Waals surface area contributed by atoms with Gasteiger partial charge in [0.2, 0.25) is 0 Å². The van der Waals surface area contributed by atoms with Crippen molar-refractivity contribution in [3.63, 3.8) is 0 Å². The molecule has 2 aromatic carbocycles. The first-order chi connectivity index (χ1) is 16.8. The first kappa shape index (κ1) is 24.7. The van der Waals surface area contributed by atoms with E-state index in [-0.39, 0.29) is 41.5 Å². The molecule has 10 nitrogen and oxygen atoms in total. The predicted octanol–water partition coefficient (Wildman–Crippen LogP) is 3.98. The Kier molecular flexibility index (Phi) is 7.13. The first-order valence-corrected chi connectivity index (χ1v) is 12.1. The summed E-state index contributed by atoms with van der Waals surface area (Å²) in [5, 5.41) is 0.348. The maximum Gasteiger partial charge on any atom is 0.367 e. The number of halogens is 1. The average molecular weight is 504 g/mol. The summed E-state index contributed by atoms with van der Waals surface area (Å²) in [7, 11) is 0.197. The molecule has 1 aromatic heterocycles. The molecule has 0 aliphatic carbocycles. The molecule has 0 unspecified atom stereocenters. The van der Waals surface area contributed by atoms with Crippen LogP contribution in [0.3, 0.4) is 0 Å². The number of aromatic nitrogens is 1.